The van der Waals surface area contributed by atoms with E-state index in [2.05, 4.69) is 20.9 Å². The number of halogens is 2. The summed E-state index contributed by atoms with van der Waals surface area (Å²) in [6.45, 7) is 2.34. The van der Waals surface area contributed by atoms with Crippen LogP contribution < -0.4 is 5.73 Å². The molecule has 1 aromatic heterocycles. The number of nitrogens with zero attached hydrogens (tertiary/aromatic N) is 2. The number of carbonyl (C=O) groups is 2. The van der Waals surface area contributed by atoms with Gasteiger partial charge in [0, 0.05) is 17.2 Å². The standard InChI is InChI=1S/C12H15BrClN3O2/c1-2-3-4-17(7-10(15)18)12(19)9-5-8(13)6-16-11(9)14/h5-6H,2-4,7H2,1H3,(H2,15,18). The van der Waals surface area contributed by atoms with Crippen LogP contribution >= 0.6 is 27.5 Å². The molecule has 0 bridgehead atoms. The van der Waals surface area contributed by atoms with Crippen LogP contribution in [0.15, 0.2) is 16.7 Å². The van der Waals surface area contributed by atoms with Crippen LogP contribution in [0, 0.1) is 0 Å². The molecule has 0 saturated heterocycles. The van der Waals surface area contributed by atoms with Gasteiger partial charge in [0.1, 0.15) is 5.15 Å². The molecule has 0 unspecified atom stereocenters. The maximum Gasteiger partial charge on any atom is 0.257 e. The second kappa shape index (κ2) is 7.45. The first-order valence-electron chi connectivity index (χ1n) is 5.84. The molecule has 0 aromatic carbocycles. The molecule has 5 nitrogen and oxygen atoms in total. The average molecular weight is 349 g/mol. The van der Waals surface area contributed by atoms with E-state index in [1.807, 2.05) is 6.92 Å². The molecular weight excluding hydrogens is 334 g/mol. The molecular formula is C12H15BrClN3O2. The van der Waals surface area contributed by atoms with Crippen molar-refractivity contribution in [2.24, 2.45) is 5.73 Å². The Bertz CT molecular complexity index is 482. The number of hydrogen-bond donors (Lipinski definition) is 1. The van der Waals surface area contributed by atoms with Crippen molar-refractivity contribution in [1.82, 2.24) is 9.88 Å². The smallest absolute Gasteiger partial charge is 0.257 e. The summed E-state index contributed by atoms with van der Waals surface area (Å²) in [5, 5.41) is 0.110. The highest BCUT2D eigenvalue weighted by molar-refractivity contribution is 9.10. The summed E-state index contributed by atoms with van der Waals surface area (Å²) in [5.74, 6) is -0.894. The van der Waals surface area contributed by atoms with Crippen LogP contribution in [0.25, 0.3) is 0 Å². The predicted octanol–water partition coefficient (Wildman–Crippen LogP) is 2.23. The van der Waals surface area contributed by atoms with Gasteiger partial charge in [-0.1, -0.05) is 24.9 Å². The number of aromatic nitrogens is 1. The van der Waals surface area contributed by atoms with Gasteiger partial charge >= 0.3 is 0 Å². The van der Waals surface area contributed by atoms with Crippen molar-refractivity contribution >= 4 is 39.3 Å². The number of primary amides is 1. The van der Waals surface area contributed by atoms with Gasteiger partial charge < -0.3 is 10.6 Å². The van der Waals surface area contributed by atoms with Crippen LogP contribution in [0.4, 0.5) is 0 Å². The van der Waals surface area contributed by atoms with E-state index >= 15 is 0 Å². The second-order valence-corrected chi connectivity index (χ2v) is 5.31. The molecule has 0 aliphatic heterocycles. The molecule has 1 rings (SSSR count). The molecule has 0 saturated carbocycles. The number of unbranched alkanes of at least 4 members (excludes halogenated alkanes) is 1. The molecule has 104 valence electrons. The lowest BCUT2D eigenvalue weighted by molar-refractivity contribution is -0.118. The highest BCUT2D eigenvalue weighted by atomic mass is 79.9. The van der Waals surface area contributed by atoms with Crippen molar-refractivity contribution in [2.75, 3.05) is 13.1 Å². The first-order valence-corrected chi connectivity index (χ1v) is 7.01. The van der Waals surface area contributed by atoms with Crippen LogP contribution in [-0.4, -0.2) is 34.8 Å². The monoisotopic (exact) mass is 347 g/mol. The molecule has 1 aromatic rings. The van der Waals surface area contributed by atoms with Gasteiger partial charge in [0.2, 0.25) is 5.91 Å². The minimum atomic E-state index is -0.552. The quantitative estimate of drug-likeness (QED) is 0.801. The molecule has 0 aliphatic rings. The third kappa shape index (κ3) is 4.80. The fraction of sp³-hybridized carbons (Fsp3) is 0.417. The molecule has 7 heteroatoms. The lowest BCUT2D eigenvalue weighted by atomic mass is 10.2. The summed E-state index contributed by atoms with van der Waals surface area (Å²) < 4.78 is 0.648. The fourth-order valence-corrected chi connectivity index (χ4v) is 2.05. The molecule has 2 amide bonds. The summed E-state index contributed by atoms with van der Waals surface area (Å²) in [6, 6.07) is 1.58. The van der Waals surface area contributed by atoms with E-state index in [0.29, 0.717) is 11.0 Å². The minimum Gasteiger partial charge on any atom is -0.368 e. The van der Waals surface area contributed by atoms with Crippen LogP contribution in [0.2, 0.25) is 5.15 Å². The number of hydrogen-bond acceptors (Lipinski definition) is 3. The Morgan fingerprint density at radius 3 is 2.79 bits per heavy atom. The Hall–Kier alpha value is -1.14. The first-order chi connectivity index (χ1) is 8.95. The van der Waals surface area contributed by atoms with Gasteiger partial charge in [-0.15, -0.1) is 0 Å². The number of amides is 2. The van der Waals surface area contributed by atoms with Gasteiger partial charge in [-0.05, 0) is 28.4 Å². The third-order valence-corrected chi connectivity index (χ3v) is 3.19. The Kier molecular flexibility index (Phi) is 6.24. The fourth-order valence-electron chi connectivity index (χ4n) is 1.53. The van der Waals surface area contributed by atoms with Gasteiger partial charge in [-0.2, -0.15) is 0 Å². The predicted molar refractivity (Wildman–Crippen MR) is 77.0 cm³/mol. The largest absolute Gasteiger partial charge is 0.368 e. The SMILES string of the molecule is CCCCN(CC(N)=O)C(=O)c1cc(Br)cnc1Cl. The second-order valence-electron chi connectivity index (χ2n) is 4.04. The van der Waals surface area contributed by atoms with Crippen molar-refractivity contribution in [3.63, 3.8) is 0 Å². The van der Waals surface area contributed by atoms with Crippen molar-refractivity contribution in [3.8, 4) is 0 Å². The molecule has 0 spiro atoms. The van der Waals surface area contributed by atoms with Crippen molar-refractivity contribution in [2.45, 2.75) is 19.8 Å². The summed E-state index contributed by atoms with van der Waals surface area (Å²) >= 11 is 9.14. The molecule has 0 fully saturated rings. The Morgan fingerprint density at radius 2 is 2.21 bits per heavy atom. The van der Waals surface area contributed by atoms with E-state index < -0.39 is 5.91 Å². The number of rotatable bonds is 6. The average Bonchev–Trinajstić information content (AvgIpc) is 2.36. The van der Waals surface area contributed by atoms with E-state index in [4.69, 9.17) is 17.3 Å². The van der Waals surface area contributed by atoms with Gasteiger partial charge in [-0.25, -0.2) is 4.98 Å². The van der Waals surface area contributed by atoms with Crippen LogP contribution in [0.1, 0.15) is 30.1 Å². The Labute approximate surface area is 125 Å². The minimum absolute atomic E-state index is 0.110. The molecule has 0 aliphatic carbocycles. The van der Waals surface area contributed by atoms with Gasteiger partial charge in [-0.3, -0.25) is 9.59 Å². The zero-order valence-electron chi connectivity index (χ0n) is 10.5. The topological polar surface area (TPSA) is 76.3 Å². The van der Waals surface area contributed by atoms with E-state index in [9.17, 15) is 9.59 Å². The maximum absolute atomic E-state index is 12.3. The zero-order valence-corrected chi connectivity index (χ0v) is 12.9. The molecule has 0 radical (unpaired) electrons. The van der Waals surface area contributed by atoms with Gasteiger partial charge in [0.15, 0.2) is 0 Å². The van der Waals surface area contributed by atoms with Gasteiger partial charge in [0.05, 0.1) is 12.1 Å². The van der Waals surface area contributed by atoms with Crippen LogP contribution in [0.3, 0.4) is 0 Å². The summed E-state index contributed by atoms with van der Waals surface area (Å²) in [7, 11) is 0. The lowest BCUT2D eigenvalue weighted by Gasteiger charge is -2.21. The Balaban J connectivity index is 2.97. The summed E-state index contributed by atoms with van der Waals surface area (Å²) in [5.41, 5.74) is 5.42. The number of nitrogens with two attached hydrogens (primary N) is 1. The summed E-state index contributed by atoms with van der Waals surface area (Å²) in [4.78, 5) is 28.6. The van der Waals surface area contributed by atoms with Crippen molar-refractivity contribution < 1.29 is 9.59 Å². The van der Waals surface area contributed by atoms with E-state index in [0.717, 1.165) is 12.8 Å². The molecule has 2 N–H and O–H groups in total. The number of carbonyl (C=O) groups excluding carboxylic acids is 2. The van der Waals surface area contributed by atoms with E-state index in [-0.39, 0.29) is 23.2 Å². The maximum atomic E-state index is 12.3. The van der Waals surface area contributed by atoms with E-state index in [1.54, 1.807) is 6.07 Å². The van der Waals surface area contributed by atoms with Crippen molar-refractivity contribution in [1.29, 1.82) is 0 Å². The third-order valence-electron chi connectivity index (χ3n) is 2.45. The molecule has 0 atom stereocenters. The lowest BCUT2D eigenvalue weighted by Crippen LogP contribution is -2.39. The molecule has 1 heterocycles. The summed E-state index contributed by atoms with van der Waals surface area (Å²) in [6.07, 6.45) is 3.20. The zero-order chi connectivity index (χ0) is 14.4. The van der Waals surface area contributed by atoms with Gasteiger partial charge in [0.25, 0.3) is 5.91 Å². The van der Waals surface area contributed by atoms with Crippen LogP contribution in [-0.2, 0) is 4.79 Å². The first kappa shape index (κ1) is 15.9. The normalized spacial score (nSPS) is 10.3. The van der Waals surface area contributed by atoms with E-state index in [1.165, 1.54) is 11.1 Å². The molecule has 19 heavy (non-hydrogen) atoms. The van der Waals surface area contributed by atoms with Crippen molar-refractivity contribution in [3.05, 3.63) is 27.5 Å². The number of pyridine rings is 1. The highest BCUT2D eigenvalue weighted by Crippen LogP contribution is 2.20. The van der Waals surface area contributed by atoms with Crippen LogP contribution in [0.5, 0.6) is 0 Å². The Morgan fingerprint density at radius 1 is 1.53 bits per heavy atom. The highest BCUT2D eigenvalue weighted by Gasteiger charge is 2.20.